The van der Waals surface area contributed by atoms with Crippen LogP contribution < -0.4 is 5.32 Å². The minimum atomic E-state index is -0.968. The zero-order chi connectivity index (χ0) is 24.2. The van der Waals surface area contributed by atoms with Crippen LogP contribution in [0.25, 0.3) is 21.1 Å². The molecule has 0 unspecified atom stereocenters. The van der Waals surface area contributed by atoms with Gasteiger partial charge in [-0.15, -0.1) is 11.3 Å². The molecule has 0 saturated carbocycles. The average molecular weight is 474 g/mol. The van der Waals surface area contributed by atoms with Crippen LogP contribution in [0, 0.1) is 0 Å². The van der Waals surface area contributed by atoms with Gasteiger partial charge in [0.15, 0.2) is 5.82 Å². The smallest absolute Gasteiger partial charge is 0.335 e. The van der Waals surface area contributed by atoms with Crippen molar-refractivity contribution in [3.63, 3.8) is 0 Å². The van der Waals surface area contributed by atoms with E-state index in [1.54, 1.807) is 59.9 Å². The highest BCUT2D eigenvalue weighted by Gasteiger charge is 2.16. The standard InChI is InChI=1S/C26H23N3O4S/c1-3-19-20(4-2)28-24(29-23(19)27-18-11-9-17(10-12-18)26(32)33)22-14-13-21(34-22)15-5-7-16(8-6-15)25(30)31/h5-14H,3-4H2,1-2H3,(H,30,31)(H,32,33)(H,27,28,29). The van der Waals surface area contributed by atoms with Crippen molar-refractivity contribution >= 4 is 34.8 Å². The number of carboxylic acid groups (broad SMARTS) is 2. The van der Waals surface area contributed by atoms with Crippen LogP contribution in [0.3, 0.4) is 0 Å². The van der Waals surface area contributed by atoms with Gasteiger partial charge in [0.2, 0.25) is 0 Å². The fourth-order valence-corrected chi connectivity index (χ4v) is 4.58. The zero-order valence-corrected chi connectivity index (χ0v) is 19.5. The Morgan fingerprint density at radius 2 is 1.38 bits per heavy atom. The topological polar surface area (TPSA) is 112 Å². The second kappa shape index (κ2) is 9.84. The summed E-state index contributed by atoms with van der Waals surface area (Å²) in [5, 5.41) is 21.6. The predicted molar refractivity (Wildman–Crippen MR) is 133 cm³/mol. The number of nitrogens with zero attached hydrogens (tertiary/aromatic N) is 2. The molecule has 34 heavy (non-hydrogen) atoms. The van der Waals surface area contributed by atoms with Crippen LogP contribution in [0.15, 0.2) is 60.7 Å². The molecule has 0 aliphatic carbocycles. The molecule has 4 aromatic rings. The van der Waals surface area contributed by atoms with Crippen LogP contribution in [-0.2, 0) is 12.8 Å². The minimum absolute atomic E-state index is 0.224. The van der Waals surface area contributed by atoms with Crippen molar-refractivity contribution in [2.45, 2.75) is 26.7 Å². The van der Waals surface area contributed by atoms with Gasteiger partial charge in [-0.3, -0.25) is 0 Å². The summed E-state index contributed by atoms with van der Waals surface area (Å²) >= 11 is 1.54. The van der Waals surface area contributed by atoms with Crippen molar-refractivity contribution in [2.75, 3.05) is 5.32 Å². The molecule has 7 nitrogen and oxygen atoms in total. The van der Waals surface area contributed by atoms with Crippen LogP contribution >= 0.6 is 11.3 Å². The van der Waals surface area contributed by atoms with E-state index < -0.39 is 11.9 Å². The molecule has 2 heterocycles. The van der Waals surface area contributed by atoms with Crippen LogP contribution in [-0.4, -0.2) is 32.1 Å². The number of aromatic nitrogens is 2. The van der Waals surface area contributed by atoms with Crippen LogP contribution in [0.5, 0.6) is 0 Å². The van der Waals surface area contributed by atoms with Gasteiger partial charge in [0, 0.05) is 21.8 Å². The maximum Gasteiger partial charge on any atom is 0.335 e. The first-order valence-electron chi connectivity index (χ1n) is 10.8. The highest BCUT2D eigenvalue weighted by atomic mass is 32.1. The van der Waals surface area contributed by atoms with Gasteiger partial charge < -0.3 is 15.5 Å². The van der Waals surface area contributed by atoms with E-state index in [9.17, 15) is 9.59 Å². The molecule has 0 amide bonds. The Hall–Kier alpha value is -4.04. The summed E-state index contributed by atoms with van der Waals surface area (Å²) in [6.45, 7) is 4.11. The first kappa shape index (κ1) is 23.1. The lowest BCUT2D eigenvalue weighted by molar-refractivity contribution is 0.0686. The molecule has 172 valence electrons. The highest BCUT2D eigenvalue weighted by molar-refractivity contribution is 7.18. The molecular formula is C26H23N3O4S. The van der Waals surface area contributed by atoms with Crippen LogP contribution in [0.4, 0.5) is 11.5 Å². The number of hydrogen-bond donors (Lipinski definition) is 3. The molecule has 0 bridgehead atoms. The van der Waals surface area contributed by atoms with Gasteiger partial charge >= 0.3 is 11.9 Å². The molecule has 2 aromatic carbocycles. The summed E-state index contributed by atoms with van der Waals surface area (Å²) in [4.78, 5) is 33.8. The zero-order valence-electron chi connectivity index (χ0n) is 18.7. The van der Waals surface area contributed by atoms with E-state index in [2.05, 4.69) is 19.2 Å². The highest BCUT2D eigenvalue weighted by Crippen LogP contribution is 2.35. The van der Waals surface area contributed by atoms with E-state index in [4.69, 9.17) is 20.2 Å². The first-order valence-corrected chi connectivity index (χ1v) is 11.6. The Morgan fingerprint density at radius 3 is 1.94 bits per heavy atom. The van der Waals surface area contributed by atoms with Crippen molar-refractivity contribution in [1.82, 2.24) is 9.97 Å². The number of benzene rings is 2. The van der Waals surface area contributed by atoms with Crippen molar-refractivity contribution in [3.8, 4) is 21.1 Å². The molecule has 0 aliphatic heterocycles. The van der Waals surface area contributed by atoms with Gasteiger partial charge in [-0.25, -0.2) is 19.6 Å². The molecule has 0 radical (unpaired) electrons. The number of aromatic carboxylic acids is 2. The van der Waals surface area contributed by atoms with E-state index in [1.165, 1.54) is 0 Å². The molecule has 0 aliphatic rings. The lowest BCUT2D eigenvalue weighted by Crippen LogP contribution is -2.07. The second-order valence-electron chi connectivity index (χ2n) is 7.58. The molecule has 2 aromatic heterocycles. The van der Waals surface area contributed by atoms with Crippen LogP contribution in [0.2, 0.25) is 0 Å². The van der Waals surface area contributed by atoms with Crippen molar-refractivity contribution in [2.24, 2.45) is 0 Å². The van der Waals surface area contributed by atoms with Crippen molar-refractivity contribution in [1.29, 1.82) is 0 Å². The Morgan fingerprint density at radius 1 is 0.794 bits per heavy atom. The SMILES string of the molecule is CCc1nc(-c2ccc(-c3ccc(C(=O)O)cc3)s2)nc(Nc2ccc(C(=O)O)cc2)c1CC. The van der Waals surface area contributed by atoms with E-state index in [-0.39, 0.29) is 11.1 Å². The third-order valence-corrected chi connectivity index (χ3v) is 6.55. The Bertz CT molecular complexity index is 1350. The molecule has 8 heteroatoms. The molecule has 0 spiro atoms. The van der Waals surface area contributed by atoms with Gasteiger partial charge in [-0.1, -0.05) is 26.0 Å². The molecule has 3 N–H and O–H groups in total. The first-order chi connectivity index (χ1) is 16.4. The number of anilines is 2. The maximum absolute atomic E-state index is 11.1. The fraction of sp³-hybridized carbons (Fsp3) is 0.154. The molecule has 0 saturated heterocycles. The summed E-state index contributed by atoms with van der Waals surface area (Å²) in [5.41, 5.74) is 4.13. The molecule has 0 fully saturated rings. The quantitative estimate of drug-likeness (QED) is 0.282. The minimum Gasteiger partial charge on any atom is -0.478 e. The average Bonchev–Trinajstić information content (AvgIpc) is 3.34. The number of carboxylic acids is 2. The van der Waals surface area contributed by atoms with Gasteiger partial charge in [0.1, 0.15) is 5.82 Å². The number of thiophene rings is 1. The maximum atomic E-state index is 11.1. The monoisotopic (exact) mass is 473 g/mol. The summed E-state index contributed by atoms with van der Waals surface area (Å²) < 4.78 is 0. The predicted octanol–water partition coefficient (Wildman–Crippen LogP) is 6.14. The Kier molecular flexibility index (Phi) is 6.70. The number of nitrogens with one attached hydrogen (secondary N) is 1. The Labute approximate surface area is 200 Å². The number of hydrogen-bond acceptors (Lipinski definition) is 6. The van der Waals surface area contributed by atoms with Gasteiger partial charge in [-0.05, 0) is 66.9 Å². The fourth-order valence-electron chi connectivity index (χ4n) is 3.63. The van der Waals surface area contributed by atoms with E-state index in [0.717, 1.165) is 45.1 Å². The largest absolute Gasteiger partial charge is 0.478 e. The second-order valence-corrected chi connectivity index (χ2v) is 8.67. The third kappa shape index (κ3) is 4.82. The summed E-state index contributed by atoms with van der Waals surface area (Å²) in [5.74, 6) is -0.609. The van der Waals surface area contributed by atoms with E-state index in [0.29, 0.717) is 11.6 Å². The summed E-state index contributed by atoms with van der Waals surface area (Å²) in [6, 6.07) is 17.3. The lowest BCUT2D eigenvalue weighted by Gasteiger charge is -2.15. The normalized spacial score (nSPS) is 10.8. The van der Waals surface area contributed by atoms with Crippen molar-refractivity contribution < 1.29 is 19.8 Å². The lowest BCUT2D eigenvalue weighted by atomic mass is 10.1. The van der Waals surface area contributed by atoms with Crippen LogP contribution in [0.1, 0.15) is 45.8 Å². The van der Waals surface area contributed by atoms with Crippen molar-refractivity contribution in [3.05, 3.63) is 83.0 Å². The number of carbonyl (C=O) groups is 2. The third-order valence-electron chi connectivity index (χ3n) is 5.42. The Balaban J connectivity index is 1.68. The molecule has 4 rings (SSSR count). The summed E-state index contributed by atoms with van der Waals surface area (Å²) in [6.07, 6.45) is 1.50. The number of aryl methyl sites for hydroxylation is 1. The molecular weight excluding hydrogens is 450 g/mol. The van der Waals surface area contributed by atoms with Gasteiger partial charge in [0.25, 0.3) is 0 Å². The molecule has 0 atom stereocenters. The summed E-state index contributed by atoms with van der Waals surface area (Å²) in [7, 11) is 0. The van der Waals surface area contributed by atoms with E-state index in [1.807, 2.05) is 12.1 Å². The number of rotatable bonds is 8. The van der Waals surface area contributed by atoms with Gasteiger partial charge in [-0.2, -0.15) is 0 Å². The van der Waals surface area contributed by atoms with Gasteiger partial charge in [0.05, 0.1) is 16.0 Å². The van der Waals surface area contributed by atoms with E-state index >= 15 is 0 Å².